The fraction of sp³-hybridized carbons (Fsp3) is 0.476. The van der Waals surface area contributed by atoms with Gasteiger partial charge in [0.2, 0.25) is 0 Å². The largest absolute Gasteiger partial charge is 0.363 e. The van der Waals surface area contributed by atoms with Gasteiger partial charge in [-0.2, -0.15) is 5.10 Å². The number of carbonyl (C=O) groups excluding carboxylic acids is 1. The average Bonchev–Trinajstić information content (AvgIpc) is 3.50. The van der Waals surface area contributed by atoms with Crippen molar-refractivity contribution in [2.45, 2.75) is 44.4 Å². The molecule has 6 nitrogen and oxygen atoms in total. The maximum Gasteiger partial charge on any atom is 0.266 e. The highest BCUT2D eigenvalue weighted by molar-refractivity contribution is 5.82. The number of likely N-dealkylation sites (tertiary alicyclic amines) is 1. The number of fused-ring (bicyclic) bond motifs is 1. The first-order chi connectivity index (χ1) is 13.2. The predicted molar refractivity (Wildman–Crippen MR) is 99.3 cm³/mol. The van der Waals surface area contributed by atoms with Crippen molar-refractivity contribution < 1.29 is 9.53 Å². The van der Waals surface area contributed by atoms with Gasteiger partial charge < -0.3 is 9.64 Å². The van der Waals surface area contributed by atoms with Crippen molar-refractivity contribution in [2.24, 2.45) is 5.92 Å². The molecule has 0 bridgehead atoms. The molecule has 1 amide bonds. The summed E-state index contributed by atoms with van der Waals surface area (Å²) >= 11 is 0. The van der Waals surface area contributed by atoms with Crippen LogP contribution in [0.5, 0.6) is 0 Å². The van der Waals surface area contributed by atoms with Crippen LogP contribution in [0.15, 0.2) is 41.2 Å². The molecule has 6 heteroatoms. The fourth-order valence-electron chi connectivity index (χ4n) is 4.01. The molecule has 3 heterocycles. The van der Waals surface area contributed by atoms with Crippen molar-refractivity contribution in [3.8, 4) is 0 Å². The minimum absolute atomic E-state index is 0.0589. The summed E-state index contributed by atoms with van der Waals surface area (Å²) in [5, 5.41) is 4.52. The Morgan fingerprint density at radius 1 is 1.11 bits per heavy atom. The van der Waals surface area contributed by atoms with Crippen LogP contribution in [0.1, 0.15) is 35.6 Å². The number of aromatic nitrogens is 2. The van der Waals surface area contributed by atoms with Gasteiger partial charge in [-0.15, -0.1) is 0 Å². The maximum atomic E-state index is 12.7. The second kappa shape index (κ2) is 6.60. The molecule has 3 aliphatic rings. The SMILES string of the molecule is O=C(C1Cc2ccccc2CO1)N1CC(Cn2nc(C3CC3)ccc2=O)C1. The van der Waals surface area contributed by atoms with E-state index in [2.05, 4.69) is 17.2 Å². The van der Waals surface area contributed by atoms with E-state index in [1.165, 1.54) is 24.0 Å². The Morgan fingerprint density at radius 2 is 1.89 bits per heavy atom. The van der Waals surface area contributed by atoms with E-state index in [1.54, 1.807) is 10.7 Å². The number of amides is 1. The molecule has 0 spiro atoms. The molecule has 1 atom stereocenters. The van der Waals surface area contributed by atoms with E-state index in [4.69, 9.17) is 4.74 Å². The third-order valence-corrected chi connectivity index (χ3v) is 5.82. The molecular formula is C21H23N3O3. The molecule has 1 saturated heterocycles. The van der Waals surface area contributed by atoms with Crippen LogP contribution in [0.4, 0.5) is 0 Å². The van der Waals surface area contributed by atoms with Gasteiger partial charge in [0, 0.05) is 37.4 Å². The van der Waals surface area contributed by atoms with Crippen molar-refractivity contribution in [3.63, 3.8) is 0 Å². The van der Waals surface area contributed by atoms with Gasteiger partial charge in [-0.05, 0) is 30.0 Å². The van der Waals surface area contributed by atoms with Crippen LogP contribution in [0.2, 0.25) is 0 Å². The maximum absolute atomic E-state index is 12.7. The van der Waals surface area contributed by atoms with E-state index in [1.807, 2.05) is 23.1 Å². The third kappa shape index (κ3) is 3.30. The minimum Gasteiger partial charge on any atom is -0.363 e. The Balaban J connectivity index is 1.18. The quantitative estimate of drug-likeness (QED) is 0.828. The summed E-state index contributed by atoms with van der Waals surface area (Å²) in [6.07, 6.45) is 2.59. The molecule has 1 aromatic heterocycles. The molecule has 2 aliphatic heterocycles. The number of hydrogen-bond donors (Lipinski definition) is 0. The summed E-state index contributed by atoms with van der Waals surface area (Å²) < 4.78 is 7.36. The third-order valence-electron chi connectivity index (χ3n) is 5.82. The Morgan fingerprint density at radius 3 is 2.67 bits per heavy atom. The van der Waals surface area contributed by atoms with Crippen LogP contribution in [0, 0.1) is 5.92 Å². The van der Waals surface area contributed by atoms with Crippen LogP contribution in [0.25, 0.3) is 0 Å². The van der Waals surface area contributed by atoms with Crippen molar-refractivity contribution >= 4 is 5.91 Å². The summed E-state index contributed by atoms with van der Waals surface area (Å²) in [5.74, 6) is 0.875. The summed E-state index contributed by atoms with van der Waals surface area (Å²) in [6, 6.07) is 11.6. The van der Waals surface area contributed by atoms with E-state index < -0.39 is 0 Å². The Hall–Kier alpha value is -2.47. The molecule has 5 rings (SSSR count). The molecule has 1 aliphatic carbocycles. The van der Waals surface area contributed by atoms with Gasteiger partial charge in [-0.3, -0.25) is 9.59 Å². The lowest BCUT2D eigenvalue weighted by Crippen LogP contribution is -2.56. The number of ether oxygens (including phenoxy) is 1. The molecule has 1 saturated carbocycles. The van der Waals surface area contributed by atoms with Crippen molar-refractivity contribution in [1.29, 1.82) is 0 Å². The molecule has 1 aromatic carbocycles. The predicted octanol–water partition coefficient (Wildman–Crippen LogP) is 1.72. The highest BCUT2D eigenvalue weighted by Gasteiger charge is 2.37. The van der Waals surface area contributed by atoms with Crippen molar-refractivity contribution in [2.75, 3.05) is 13.1 Å². The average molecular weight is 365 g/mol. The lowest BCUT2D eigenvalue weighted by Gasteiger charge is -2.41. The fourth-order valence-corrected chi connectivity index (χ4v) is 4.01. The van der Waals surface area contributed by atoms with Gasteiger partial charge in [0.05, 0.1) is 18.8 Å². The van der Waals surface area contributed by atoms with Gasteiger partial charge >= 0.3 is 0 Å². The highest BCUT2D eigenvalue weighted by atomic mass is 16.5. The molecule has 2 fully saturated rings. The van der Waals surface area contributed by atoms with Crippen LogP contribution in [0.3, 0.4) is 0 Å². The zero-order valence-corrected chi connectivity index (χ0v) is 15.2. The van der Waals surface area contributed by atoms with Gasteiger partial charge in [0.25, 0.3) is 11.5 Å². The van der Waals surface area contributed by atoms with Gasteiger partial charge in [0.15, 0.2) is 0 Å². The minimum atomic E-state index is -0.389. The lowest BCUT2D eigenvalue weighted by molar-refractivity contribution is -0.152. The zero-order valence-electron chi connectivity index (χ0n) is 15.2. The van der Waals surface area contributed by atoms with Crippen LogP contribution >= 0.6 is 0 Å². The number of benzene rings is 1. The first-order valence-electron chi connectivity index (χ1n) is 9.72. The zero-order chi connectivity index (χ0) is 18.4. The van der Waals surface area contributed by atoms with Crippen molar-refractivity contribution in [3.05, 3.63) is 63.6 Å². The Bertz CT molecular complexity index is 928. The molecule has 27 heavy (non-hydrogen) atoms. The first-order valence-corrected chi connectivity index (χ1v) is 9.72. The normalized spacial score (nSPS) is 22.2. The summed E-state index contributed by atoms with van der Waals surface area (Å²) in [5.41, 5.74) is 3.34. The van der Waals surface area contributed by atoms with E-state index in [0.717, 1.165) is 5.69 Å². The van der Waals surface area contributed by atoms with Gasteiger partial charge in [0.1, 0.15) is 6.10 Å². The topological polar surface area (TPSA) is 64.4 Å². The molecule has 140 valence electrons. The number of rotatable bonds is 4. The number of nitrogens with zero attached hydrogens (tertiary/aromatic N) is 3. The molecule has 2 aromatic rings. The van der Waals surface area contributed by atoms with Crippen molar-refractivity contribution in [1.82, 2.24) is 14.7 Å². The van der Waals surface area contributed by atoms with Crippen LogP contribution in [-0.4, -0.2) is 39.8 Å². The van der Waals surface area contributed by atoms with Crippen LogP contribution < -0.4 is 5.56 Å². The second-order valence-corrected chi connectivity index (χ2v) is 7.93. The smallest absolute Gasteiger partial charge is 0.266 e. The molecular weight excluding hydrogens is 342 g/mol. The number of carbonyl (C=O) groups is 1. The first kappa shape index (κ1) is 16.7. The van der Waals surface area contributed by atoms with E-state index >= 15 is 0 Å². The van der Waals surface area contributed by atoms with Crippen LogP contribution in [-0.2, 0) is 29.1 Å². The van der Waals surface area contributed by atoms with E-state index in [9.17, 15) is 9.59 Å². The monoisotopic (exact) mass is 365 g/mol. The number of hydrogen-bond acceptors (Lipinski definition) is 4. The lowest BCUT2D eigenvalue weighted by atomic mass is 9.95. The Kier molecular flexibility index (Phi) is 4.08. The summed E-state index contributed by atoms with van der Waals surface area (Å²) in [7, 11) is 0. The highest BCUT2D eigenvalue weighted by Crippen LogP contribution is 2.38. The summed E-state index contributed by atoms with van der Waals surface area (Å²) in [6.45, 7) is 2.42. The molecule has 1 unspecified atom stereocenters. The molecule has 0 N–H and O–H groups in total. The van der Waals surface area contributed by atoms with E-state index in [0.29, 0.717) is 38.6 Å². The molecule has 0 radical (unpaired) electrons. The van der Waals surface area contributed by atoms with E-state index in [-0.39, 0.29) is 23.5 Å². The second-order valence-electron chi connectivity index (χ2n) is 7.93. The van der Waals surface area contributed by atoms with Gasteiger partial charge in [-0.1, -0.05) is 24.3 Å². The Labute approximate surface area is 157 Å². The standard InChI is InChI=1S/C21H23N3O3/c25-20-8-7-18(15-5-6-15)22-24(20)12-14-10-23(11-14)21(26)19-9-16-3-1-2-4-17(16)13-27-19/h1-4,7-8,14-15,19H,5-6,9-13H2. The summed E-state index contributed by atoms with van der Waals surface area (Å²) in [4.78, 5) is 26.6. The van der Waals surface area contributed by atoms with Gasteiger partial charge in [-0.25, -0.2) is 4.68 Å².